The highest BCUT2D eigenvalue weighted by atomic mass is 16.5. The standard InChI is InChI=1S/C17H23NO4/c1-17(2,3)22-14-7-5-4-6-13(14)18-15(19)11-8-9-12(10-11)16(20)21/h4-7,11-12H,8-10H2,1-3H3,(H,18,19)(H,20,21)/t11-,12+/m1/s1. The van der Waals surface area contributed by atoms with Gasteiger partial charge >= 0.3 is 5.97 Å². The van der Waals surface area contributed by atoms with Gasteiger partial charge in [0.1, 0.15) is 11.4 Å². The fourth-order valence-electron chi connectivity index (χ4n) is 2.67. The van der Waals surface area contributed by atoms with Gasteiger partial charge in [0.05, 0.1) is 11.6 Å². The van der Waals surface area contributed by atoms with E-state index in [-0.39, 0.29) is 17.4 Å². The summed E-state index contributed by atoms with van der Waals surface area (Å²) in [5.74, 6) is -0.975. The summed E-state index contributed by atoms with van der Waals surface area (Å²) in [5, 5.41) is 11.9. The van der Waals surface area contributed by atoms with Gasteiger partial charge in [0.2, 0.25) is 5.91 Å². The Morgan fingerprint density at radius 1 is 1.18 bits per heavy atom. The van der Waals surface area contributed by atoms with E-state index in [1.54, 1.807) is 6.07 Å². The summed E-state index contributed by atoms with van der Waals surface area (Å²) in [5.41, 5.74) is 0.268. The van der Waals surface area contributed by atoms with Crippen LogP contribution in [0.3, 0.4) is 0 Å². The molecular formula is C17H23NO4. The largest absolute Gasteiger partial charge is 0.486 e. The third-order valence-corrected chi connectivity index (χ3v) is 3.71. The van der Waals surface area contributed by atoms with Crippen LogP contribution in [0.15, 0.2) is 24.3 Å². The molecule has 2 atom stereocenters. The Morgan fingerprint density at radius 3 is 2.41 bits per heavy atom. The normalized spacial score (nSPS) is 21.4. The zero-order valence-electron chi connectivity index (χ0n) is 13.3. The molecule has 1 aliphatic rings. The molecule has 1 aromatic rings. The second-order valence-corrected chi connectivity index (χ2v) is 6.74. The van der Waals surface area contributed by atoms with Crippen LogP contribution in [0, 0.1) is 11.8 Å². The number of rotatable bonds is 4. The number of carboxylic acids is 1. The van der Waals surface area contributed by atoms with E-state index in [1.165, 1.54) is 0 Å². The Kier molecular flexibility index (Phi) is 4.74. The van der Waals surface area contributed by atoms with Crippen molar-refractivity contribution < 1.29 is 19.4 Å². The maximum absolute atomic E-state index is 12.3. The molecule has 0 heterocycles. The molecule has 120 valence electrons. The fourth-order valence-corrected chi connectivity index (χ4v) is 2.67. The number of carbonyl (C=O) groups excluding carboxylic acids is 1. The first-order valence-corrected chi connectivity index (χ1v) is 7.58. The van der Waals surface area contributed by atoms with Gasteiger partial charge in [0, 0.05) is 5.92 Å². The van der Waals surface area contributed by atoms with Gasteiger partial charge in [0.25, 0.3) is 0 Å². The molecule has 1 amide bonds. The topological polar surface area (TPSA) is 75.6 Å². The molecule has 1 aromatic carbocycles. The molecule has 0 radical (unpaired) electrons. The summed E-state index contributed by atoms with van der Waals surface area (Å²) < 4.78 is 5.85. The Bertz CT molecular complexity index is 562. The molecule has 0 bridgehead atoms. The molecule has 0 spiro atoms. The smallest absolute Gasteiger partial charge is 0.306 e. The highest BCUT2D eigenvalue weighted by Gasteiger charge is 2.34. The van der Waals surface area contributed by atoms with Crippen molar-refractivity contribution in [3.8, 4) is 5.75 Å². The number of anilines is 1. The van der Waals surface area contributed by atoms with Gasteiger partial charge < -0.3 is 15.2 Å². The number of carbonyl (C=O) groups is 2. The zero-order valence-corrected chi connectivity index (χ0v) is 13.3. The predicted molar refractivity (Wildman–Crippen MR) is 83.9 cm³/mol. The van der Waals surface area contributed by atoms with E-state index in [9.17, 15) is 9.59 Å². The average Bonchev–Trinajstić information content (AvgIpc) is 2.89. The van der Waals surface area contributed by atoms with Gasteiger partial charge in [0.15, 0.2) is 0 Å². The maximum Gasteiger partial charge on any atom is 0.306 e. The van der Waals surface area contributed by atoms with Gasteiger partial charge in [-0.1, -0.05) is 12.1 Å². The maximum atomic E-state index is 12.3. The minimum atomic E-state index is -0.813. The van der Waals surface area contributed by atoms with Crippen LogP contribution >= 0.6 is 0 Å². The lowest BCUT2D eigenvalue weighted by molar-refractivity contribution is -0.141. The first kappa shape index (κ1) is 16.3. The van der Waals surface area contributed by atoms with Crippen LogP contribution in [0.1, 0.15) is 40.0 Å². The van der Waals surface area contributed by atoms with Crippen molar-refractivity contribution >= 4 is 17.6 Å². The average molecular weight is 305 g/mol. The van der Waals surface area contributed by atoms with Crippen LogP contribution in [0.4, 0.5) is 5.69 Å². The minimum absolute atomic E-state index is 0.131. The fraction of sp³-hybridized carbons (Fsp3) is 0.529. The Labute approximate surface area is 130 Å². The second kappa shape index (κ2) is 6.38. The van der Waals surface area contributed by atoms with E-state index in [1.807, 2.05) is 39.0 Å². The third kappa shape index (κ3) is 4.23. The molecule has 5 heteroatoms. The van der Waals surface area contributed by atoms with E-state index in [2.05, 4.69) is 5.32 Å². The van der Waals surface area contributed by atoms with Crippen molar-refractivity contribution in [2.75, 3.05) is 5.32 Å². The van der Waals surface area contributed by atoms with Crippen molar-refractivity contribution in [2.45, 2.75) is 45.6 Å². The number of ether oxygens (including phenoxy) is 1. The summed E-state index contributed by atoms with van der Waals surface area (Å²) in [6.45, 7) is 5.83. The van der Waals surface area contributed by atoms with Crippen molar-refractivity contribution in [3.05, 3.63) is 24.3 Å². The van der Waals surface area contributed by atoms with Crippen LogP contribution in [0.2, 0.25) is 0 Å². The molecule has 1 saturated carbocycles. The number of hydrogen-bond donors (Lipinski definition) is 2. The molecule has 22 heavy (non-hydrogen) atoms. The van der Waals surface area contributed by atoms with Crippen LogP contribution in [0.25, 0.3) is 0 Å². The molecule has 2 rings (SSSR count). The molecule has 0 saturated heterocycles. The predicted octanol–water partition coefficient (Wildman–Crippen LogP) is 3.30. The number of amides is 1. The summed E-state index contributed by atoms with van der Waals surface area (Å²) in [6, 6.07) is 7.30. The van der Waals surface area contributed by atoms with Crippen molar-refractivity contribution in [1.29, 1.82) is 0 Å². The third-order valence-electron chi connectivity index (χ3n) is 3.71. The van der Waals surface area contributed by atoms with E-state index < -0.39 is 11.9 Å². The van der Waals surface area contributed by atoms with E-state index in [4.69, 9.17) is 9.84 Å². The summed E-state index contributed by atoms with van der Waals surface area (Å²) >= 11 is 0. The van der Waals surface area contributed by atoms with Crippen molar-refractivity contribution in [3.63, 3.8) is 0 Å². The molecule has 5 nitrogen and oxygen atoms in total. The van der Waals surface area contributed by atoms with Gasteiger partial charge in [-0.2, -0.15) is 0 Å². The number of benzene rings is 1. The lowest BCUT2D eigenvalue weighted by Gasteiger charge is -2.23. The summed E-state index contributed by atoms with van der Waals surface area (Å²) in [6.07, 6.45) is 1.59. The first-order valence-electron chi connectivity index (χ1n) is 7.58. The first-order chi connectivity index (χ1) is 10.3. The number of aliphatic carboxylic acids is 1. The Hall–Kier alpha value is -2.04. The van der Waals surface area contributed by atoms with Gasteiger partial charge in [-0.25, -0.2) is 0 Å². The second-order valence-electron chi connectivity index (χ2n) is 6.74. The molecular weight excluding hydrogens is 282 g/mol. The quantitative estimate of drug-likeness (QED) is 0.895. The molecule has 0 aromatic heterocycles. The zero-order chi connectivity index (χ0) is 16.3. The SMILES string of the molecule is CC(C)(C)Oc1ccccc1NC(=O)[C@@H]1CC[C@H](C(=O)O)C1. The number of nitrogens with one attached hydrogen (secondary N) is 1. The lowest BCUT2D eigenvalue weighted by Crippen LogP contribution is -2.25. The molecule has 1 fully saturated rings. The number of carboxylic acid groups (broad SMARTS) is 1. The Morgan fingerprint density at radius 2 is 1.82 bits per heavy atom. The van der Waals surface area contributed by atoms with Crippen LogP contribution in [-0.2, 0) is 9.59 Å². The molecule has 0 unspecified atom stereocenters. The highest BCUT2D eigenvalue weighted by molar-refractivity contribution is 5.94. The lowest BCUT2D eigenvalue weighted by atomic mass is 10.0. The van der Waals surface area contributed by atoms with Crippen LogP contribution in [-0.4, -0.2) is 22.6 Å². The van der Waals surface area contributed by atoms with Gasteiger partial charge in [-0.3, -0.25) is 9.59 Å². The van der Waals surface area contributed by atoms with Gasteiger partial charge in [-0.15, -0.1) is 0 Å². The highest BCUT2D eigenvalue weighted by Crippen LogP contribution is 2.33. The van der Waals surface area contributed by atoms with Crippen molar-refractivity contribution in [2.24, 2.45) is 11.8 Å². The summed E-state index contributed by atoms with van der Waals surface area (Å²) in [7, 11) is 0. The molecule has 2 N–H and O–H groups in total. The van der Waals surface area contributed by atoms with Gasteiger partial charge in [-0.05, 0) is 52.2 Å². The van der Waals surface area contributed by atoms with Crippen LogP contribution < -0.4 is 10.1 Å². The molecule has 0 aliphatic heterocycles. The number of para-hydroxylation sites is 2. The van der Waals surface area contributed by atoms with E-state index in [0.29, 0.717) is 30.7 Å². The van der Waals surface area contributed by atoms with E-state index >= 15 is 0 Å². The van der Waals surface area contributed by atoms with Crippen LogP contribution in [0.5, 0.6) is 5.75 Å². The molecule has 1 aliphatic carbocycles. The van der Waals surface area contributed by atoms with Crippen molar-refractivity contribution in [1.82, 2.24) is 0 Å². The minimum Gasteiger partial charge on any atom is -0.486 e. The summed E-state index contributed by atoms with van der Waals surface area (Å²) in [4.78, 5) is 23.3. The monoisotopic (exact) mass is 305 g/mol. The Balaban J connectivity index is 2.05. The van der Waals surface area contributed by atoms with E-state index in [0.717, 1.165) is 0 Å². The number of hydrogen-bond acceptors (Lipinski definition) is 3.